The van der Waals surface area contributed by atoms with Crippen LogP contribution in [0, 0.1) is 0 Å². The Morgan fingerprint density at radius 3 is 2.03 bits per heavy atom. The Bertz CT molecular complexity index is 1380. The highest BCUT2D eigenvalue weighted by Crippen LogP contribution is 2.50. The molecule has 4 aromatic rings. The van der Waals surface area contributed by atoms with Gasteiger partial charge in [-0.15, -0.1) is 0 Å². The number of aromatic hydroxyl groups is 2. The Balaban J connectivity index is 1.64. The smallest absolute Gasteiger partial charge is 0.195 e. The van der Waals surface area contributed by atoms with Crippen molar-refractivity contribution in [3.05, 3.63) is 95.1 Å². The lowest BCUT2D eigenvalue weighted by atomic mass is 9.88. The van der Waals surface area contributed by atoms with E-state index >= 15 is 0 Å². The zero-order valence-corrected chi connectivity index (χ0v) is 19.5. The van der Waals surface area contributed by atoms with Crippen LogP contribution in [0.15, 0.2) is 72.8 Å². The molecule has 0 radical (unpaired) electrons. The minimum absolute atomic E-state index is 0.0791. The summed E-state index contributed by atoms with van der Waals surface area (Å²) < 4.78 is 17.9. The molecule has 0 saturated heterocycles. The number of phenolic OH excluding ortho intramolecular Hbond substituents is 2. The van der Waals surface area contributed by atoms with Crippen molar-refractivity contribution in [2.45, 2.75) is 39.3 Å². The summed E-state index contributed by atoms with van der Waals surface area (Å²) in [5.41, 5.74) is 2.27. The van der Waals surface area contributed by atoms with E-state index in [-0.39, 0.29) is 40.4 Å². The van der Waals surface area contributed by atoms with Crippen LogP contribution in [0.2, 0.25) is 0 Å². The number of Topliss-reactive ketones (excluding diaryl/α,β-unsaturated/α-hetero) is 1. The van der Waals surface area contributed by atoms with Gasteiger partial charge in [0.2, 0.25) is 0 Å². The number of fused-ring (bicyclic) bond motifs is 2. The second-order valence-corrected chi connectivity index (χ2v) is 8.66. The quantitative estimate of drug-likeness (QED) is 0.333. The van der Waals surface area contributed by atoms with Crippen LogP contribution in [0.1, 0.15) is 47.0 Å². The average molecular weight is 471 g/mol. The molecule has 0 bridgehead atoms. The molecule has 5 rings (SSSR count). The third-order valence-corrected chi connectivity index (χ3v) is 6.24. The fourth-order valence-corrected chi connectivity index (χ4v) is 4.49. The monoisotopic (exact) mass is 470 g/mol. The van der Waals surface area contributed by atoms with E-state index in [9.17, 15) is 15.0 Å². The maximum Gasteiger partial charge on any atom is 0.195 e. The molecule has 0 fully saturated rings. The molecule has 1 aliphatic rings. The standard InChI is InChI=1S/C29H26O6/c1-17-24-26(27(30)18(2)35-17)28(31)22-13-21(33-15-19-9-5-3-6-10-19)14-23(25(22)29(24)32)34-16-20-11-7-4-8-12-20/h3-14,17-18,31-32H,15-16H2,1-2H3/t17-,18-/m1/s1. The van der Waals surface area contributed by atoms with E-state index in [2.05, 4.69) is 0 Å². The summed E-state index contributed by atoms with van der Waals surface area (Å²) in [6.45, 7) is 3.94. The Labute approximate surface area is 203 Å². The van der Waals surface area contributed by atoms with Crippen LogP contribution in [-0.4, -0.2) is 22.1 Å². The van der Waals surface area contributed by atoms with Crippen molar-refractivity contribution in [1.29, 1.82) is 0 Å². The number of phenols is 2. The largest absolute Gasteiger partial charge is 0.507 e. The fourth-order valence-electron chi connectivity index (χ4n) is 4.49. The highest BCUT2D eigenvalue weighted by molar-refractivity contribution is 6.12. The van der Waals surface area contributed by atoms with Gasteiger partial charge in [0.25, 0.3) is 0 Å². The van der Waals surface area contributed by atoms with E-state index in [1.807, 2.05) is 60.7 Å². The molecule has 0 spiro atoms. The first-order valence-electron chi connectivity index (χ1n) is 11.5. The van der Waals surface area contributed by atoms with Crippen LogP contribution in [0.4, 0.5) is 0 Å². The summed E-state index contributed by atoms with van der Waals surface area (Å²) in [6.07, 6.45) is -1.31. The van der Waals surface area contributed by atoms with Gasteiger partial charge in [-0.2, -0.15) is 0 Å². The van der Waals surface area contributed by atoms with Crippen molar-refractivity contribution in [3.63, 3.8) is 0 Å². The molecule has 2 atom stereocenters. The molecule has 1 heterocycles. The molecule has 178 valence electrons. The molecule has 2 N–H and O–H groups in total. The van der Waals surface area contributed by atoms with Gasteiger partial charge in [-0.25, -0.2) is 0 Å². The van der Waals surface area contributed by atoms with E-state index in [4.69, 9.17) is 14.2 Å². The van der Waals surface area contributed by atoms with Crippen molar-refractivity contribution < 1.29 is 29.2 Å². The minimum atomic E-state index is -0.730. The van der Waals surface area contributed by atoms with Gasteiger partial charge in [0.15, 0.2) is 5.78 Å². The maximum atomic E-state index is 12.9. The number of ether oxygens (including phenoxy) is 3. The molecule has 1 aliphatic heterocycles. The molecule has 0 aliphatic carbocycles. The van der Waals surface area contributed by atoms with E-state index in [0.29, 0.717) is 23.5 Å². The van der Waals surface area contributed by atoms with Gasteiger partial charge in [0.05, 0.1) is 17.1 Å². The van der Waals surface area contributed by atoms with Crippen LogP contribution in [0.5, 0.6) is 23.0 Å². The van der Waals surface area contributed by atoms with E-state index in [1.54, 1.807) is 26.0 Å². The second-order valence-electron chi connectivity index (χ2n) is 8.66. The van der Waals surface area contributed by atoms with Crippen LogP contribution >= 0.6 is 0 Å². The molecule has 0 saturated carbocycles. The zero-order chi connectivity index (χ0) is 24.5. The highest BCUT2D eigenvalue weighted by atomic mass is 16.5. The Morgan fingerprint density at radius 2 is 1.40 bits per heavy atom. The molecular formula is C29H26O6. The predicted octanol–water partition coefficient (Wildman–Crippen LogP) is 6.07. The van der Waals surface area contributed by atoms with Crippen molar-refractivity contribution >= 4 is 16.6 Å². The summed E-state index contributed by atoms with van der Waals surface area (Å²) in [5.74, 6) is 0.0471. The van der Waals surface area contributed by atoms with Gasteiger partial charge >= 0.3 is 0 Å². The third-order valence-electron chi connectivity index (χ3n) is 6.24. The van der Waals surface area contributed by atoms with Gasteiger partial charge < -0.3 is 24.4 Å². The molecular weight excluding hydrogens is 444 g/mol. The third kappa shape index (κ3) is 4.29. The summed E-state index contributed by atoms with van der Waals surface area (Å²) in [4.78, 5) is 12.9. The van der Waals surface area contributed by atoms with Gasteiger partial charge in [0, 0.05) is 17.0 Å². The molecule has 6 heteroatoms. The van der Waals surface area contributed by atoms with Crippen molar-refractivity contribution in [2.75, 3.05) is 0 Å². The zero-order valence-electron chi connectivity index (χ0n) is 19.5. The Kier molecular flexibility index (Phi) is 6.05. The predicted molar refractivity (Wildman–Crippen MR) is 132 cm³/mol. The molecule has 0 amide bonds. The number of benzene rings is 4. The van der Waals surface area contributed by atoms with Gasteiger partial charge in [-0.3, -0.25) is 4.79 Å². The number of carbonyl (C=O) groups excluding carboxylic acids is 1. The second kappa shape index (κ2) is 9.31. The maximum absolute atomic E-state index is 12.9. The highest BCUT2D eigenvalue weighted by Gasteiger charge is 2.36. The van der Waals surface area contributed by atoms with E-state index < -0.39 is 12.2 Å². The summed E-state index contributed by atoms with van der Waals surface area (Å²) in [6, 6.07) is 22.7. The van der Waals surface area contributed by atoms with Crippen molar-refractivity contribution in [1.82, 2.24) is 0 Å². The molecule has 0 unspecified atom stereocenters. The Morgan fingerprint density at radius 1 is 0.800 bits per heavy atom. The van der Waals surface area contributed by atoms with Gasteiger partial charge in [-0.1, -0.05) is 60.7 Å². The number of hydrogen-bond acceptors (Lipinski definition) is 6. The summed E-state index contributed by atoms with van der Waals surface area (Å²) in [5, 5.41) is 23.1. The topological polar surface area (TPSA) is 85.2 Å². The number of ketones is 1. The minimum Gasteiger partial charge on any atom is -0.507 e. The van der Waals surface area contributed by atoms with Crippen LogP contribution in [-0.2, 0) is 18.0 Å². The first kappa shape index (κ1) is 22.7. The fraction of sp³-hybridized carbons (Fsp3) is 0.207. The van der Waals surface area contributed by atoms with Crippen LogP contribution < -0.4 is 9.47 Å². The van der Waals surface area contributed by atoms with Crippen molar-refractivity contribution in [2.24, 2.45) is 0 Å². The molecule has 0 aromatic heterocycles. The average Bonchev–Trinajstić information content (AvgIpc) is 2.87. The lowest BCUT2D eigenvalue weighted by Gasteiger charge is -2.29. The Hall–Kier alpha value is -4.03. The lowest BCUT2D eigenvalue weighted by Crippen LogP contribution is -2.29. The molecule has 6 nitrogen and oxygen atoms in total. The normalized spacial score (nSPS) is 17.3. The number of rotatable bonds is 6. The first-order chi connectivity index (χ1) is 16.9. The summed E-state index contributed by atoms with van der Waals surface area (Å²) >= 11 is 0. The van der Waals surface area contributed by atoms with E-state index in [0.717, 1.165) is 11.1 Å². The van der Waals surface area contributed by atoms with Gasteiger partial charge in [0.1, 0.15) is 42.3 Å². The van der Waals surface area contributed by atoms with Crippen molar-refractivity contribution in [3.8, 4) is 23.0 Å². The summed E-state index contributed by atoms with van der Waals surface area (Å²) in [7, 11) is 0. The van der Waals surface area contributed by atoms with Crippen LogP contribution in [0.3, 0.4) is 0 Å². The molecule has 4 aromatic carbocycles. The lowest BCUT2D eigenvalue weighted by molar-refractivity contribution is 0.00186. The van der Waals surface area contributed by atoms with Gasteiger partial charge in [-0.05, 0) is 31.0 Å². The SMILES string of the molecule is C[C@H]1O[C@H](C)c2c(c(O)c3cc(OCc4ccccc4)cc(OCc4ccccc4)c3c2O)C1=O. The van der Waals surface area contributed by atoms with Crippen LogP contribution in [0.25, 0.3) is 10.8 Å². The van der Waals surface area contributed by atoms with E-state index in [1.165, 1.54) is 0 Å². The number of carbonyl (C=O) groups is 1. The molecule has 35 heavy (non-hydrogen) atoms. The first-order valence-corrected chi connectivity index (χ1v) is 11.5. The number of hydrogen-bond donors (Lipinski definition) is 2.